The summed E-state index contributed by atoms with van der Waals surface area (Å²) < 4.78 is 5.45. The van der Waals surface area contributed by atoms with E-state index in [0.717, 1.165) is 32.3 Å². The Labute approximate surface area is 74.1 Å². The molecule has 0 amide bonds. The van der Waals surface area contributed by atoms with Crippen molar-refractivity contribution in [2.75, 3.05) is 26.4 Å². The van der Waals surface area contributed by atoms with Crippen LogP contribution in [0.15, 0.2) is 0 Å². The first-order valence-electron chi connectivity index (χ1n) is 4.83. The molecule has 2 fully saturated rings. The highest BCUT2D eigenvalue weighted by molar-refractivity contribution is 4.87. The standard InChI is InChI=1S/C9H18N2O/c1-7-3-10-4-9-5-12-6-11(9)8(7)2/h7-10H,3-6H2,1-2H3/t7-,8-,9?/m1/s1. The maximum absolute atomic E-state index is 5.45. The average molecular weight is 170 g/mol. The first-order chi connectivity index (χ1) is 5.79. The van der Waals surface area contributed by atoms with Crippen molar-refractivity contribution in [3.8, 4) is 0 Å². The van der Waals surface area contributed by atoms with Gasteiger partial charge < -0.3 is 10.1 Å². The SMILES string of the molecule is C[C@@H]1CNCC2COCN2[C@@H]1C. The van der Waals surface area contributed by atoms with Crippen molar-refractivity contribution in [2.45, 2.75) is 25.9 Å². The van der Waals surface area contributed by atoms with Gasteiger partial charge in [0.25, 0.3) is 0 Å². The van der Waals surface area contributed by atoms with Gasteiger partial charge in [-0.1, -0.05) is 6.92 Å². The van der Waals surface area contributed by atoms with E-state index in [9.17, 15) is 0 Å². The van der Waals surface area contributed by atoms with Crippen LogP contribution < -0.4 is 5.32 Å². The third-order valence-electron chi connectivity index (χ3n) is 3.21. The second-order valence-corrected chi connectivity index (χ2v) is 4.04. The molecule has 2 heterocycles. The fraction of sp³-hybridized carbons (Fsp3) is 1.00. The van der Waals surface area contributed by atoms with Gasteiger partial charge in [-0.2, -0.15) is 0 Å². The van der Waals surface area contributed by atoms with Gasteiger partial charge in [-0.05, 0) is 19.4 Å². The summed E-state index contributed by atoms with van der Waals surface area (Å²) in [7, 11) is 0. The third-order valence-corrected chi connectivity index (χ3v) is 3.21. The third kappa shape index (κ3) is 1.37. The summed E-state index contributed by atoms with van der Waals surface area (Å²) in [6.45, 7) is 8.59. The van der Waals surface area contributed by atoms with E-state index in [1.165, 1.54) is 0 Å². The maximum Gasteiger partial charge on any atom is 0.0997 e. The Morgan fingerprint density at radius 3 is 3.00 bits per heavy atom. The molecule has 2 saturated heterocycles. The molecule has 2 rings (SSSR count). The molecule has 0 aliphatic carbocycles. The van der Waals surface area contributed by atoms with Gasteiger partial charge in [-0.3, -0.25) is 4.90 Å². The summed E-state index contributed by atoms with van der Waals surface area (Å²) in [4.78, 5) is 2.48. The van der Waals surface area contributed by atoms with Gasteiger partial charge in [0, 0.05) is 18.6 Å². The van der Waals surface area contributed by atoms with Crippen LogP contribution in [0.3, 0.4) is 0 Å². The monoisotopic (exact) mass is 170 g/mol. The first kappa shape index (κ1) is 8.48. The molecule has 0 saturated carbocycles. The lowest BCUT2D eigenvalue weighted by atomic mass is 10.0. The smallest absolute Gasteiger partial charge is 0.0997 e. The lowest BCUT2D eigenvalue weighted by Crippen LogP contribution is -2.41. The van der Waals surface area contributed by atoms with Crippen LogP contribution in [-0.4, -0.2) is 43.4 Å². The molecule has 0 bridgehead atoms. The minimum absolute atomic E-state index is 0.616. The van der Waals surface area contributed by atoms with Crippen molar-refractivity contribution < 1.29 is 4.74 Å². The molecule has 0 spiro atoms. The van der Waals surface area contributed by atoms with Gasteiger partial charge in [-0.15, -0.1) is 0 Å². The molecule has 0 aromatic rings. The number of fused-ring (bicyclic) bond motifs is 1. The van der Waals surface area contributed by atoms with E-state index in [1.807, 2.05) is 0 Å². The zero-order valence-electron chi connectivity index (χ0n) is 7.92. The molecule has 0 radical (unpaired) electrons. The van der Waals surface area contributed by atoms with E-state index in [1.54, 1.807) is 0 Å². The fourth-order valence-corrected chi connectivity index (χ4v) is 2.10. The minimum Gasteiger partial charge on any atom is -0.364 e. The van der Waals surface area contributed by atoms with Gasteiger partial charge in [0.1, 0.15) is 0 Å². The molecule has 3 nitrogen and oxygen atoms in total. The molecule has 1 N–H and O–H groups in total. The van der Waals surface area contributed by atoms with Crippen molar-refractivity contribution in [1.82, 2.24) is 10.2 Å². The van der Waals surface area contributed by atoms with E-state index < -0.39 is 0 Å². The van der Waals surface area contributed by atoms with Gasteiger partial charge in [0.05, 0.1) is 13.3 Å². The van der Waals surface area contributed by atoms with Crippen molar-refractivity contribution in [3.05, 3.63) is 0 Å². The zero-order chi connectivity index (χ0) is 8.55. The Bertz CT molecular complexity index is 163. The highest BCUT2D eigenvalue weighted by Crippen LogP contribution is 2.20. The molecule has 70 valence electrons. The quantitative estimate of drug-likeness (QED) is 0.565. The van der Waals surface area contributed by atoms with Gasteiger partial charge in [0.2, 0.25) is 0 Å². The van der Waals surface area contributed by atoms with Crippen LogP contribution >= 0.6 is 0 Å². The van der Waals surface area contributed by atoms with Gasteiger partial charge >= 0.3 is 0 Å². The van der Waals surface area contributed by atoms with Crippen LogP contribution in [0, 0.1) is 5.92 Å². The minimum atomic E-state index is 0.616. The lowest BCUT2D eigenvalue weighted by molar-refractivity contribution is 0.0982. The van der Waals surface area contributed by atoms with Crippen LogP contribution in [0.4, 0.5) is 0 Å². The maximum atomic E-state index is 5.45. The van der Waals surface area contributed by atoms with Crippen LogP contribution in [-0.2, 0) is 4.74 Å². The highest BCUT2D eigenvalue weighted by Gasteiger charge is 2.33. The number of hydrogen-bond acceptors (Lipinski definition) is 3. The number of rotatable bonds is 0. The Kier molecular flexibility index (Phi) is 2.35. The van der Waals surface area contributed by atoms with Crippen molar-refractivity contribution >= 4 is 0 Å². The summed E-state index contributed by atoms with van der Waals surface area (Å²) in [5, 5.41) is 3.48. The highest BCUT2D eigenvalue weighted by atomic mass is 16.5. The summed E-state index contributed by atoms with van der Waals surface area (Å²) in [5.74, 6) is 0.733. The molecule has 1 unspecified atom stereocenters. The Balaban J connectivity index is 2.08. The Morgan fingerprint density at radius 1 is 1.33 bits per heavy atom. The van der Waals surface area contributed by atoms with Crippen molar-refractivity contribution in [1.29, 1.82) is 0 Å². The summed E-state index contributed by atoms with van der Waals surface area (Å²) in [5.41, 5.74) is 0. The molecular formula is C9H18N2O. The fourth-order valence-electron chi connectivity index (χ4n) is 2.10. The number of nitrogens with zero attached hydrogens (tertiary/aromatic N) is 1. The first-order valence-corrected chi connectivity index (χ1v) is 4.83. The second kappa shape index (κ2) is 3.32. The van der Waals surface area contributed by atoms with Crippen LogP contribution in [0.1, 0.15) is 13.8 Å². The summed E-state index contributed by atoms with van der Waals surface area (Å²) in [6.07, 6.45) is 0. The molecule has 3 heteroatoms. The van der Waals surface area contributed by atoms with E-state index >= 15 is 0 Å². The Hall–Kier alpha value is -0.120. The predicted octanol–water partition coefficient (Wildman–Crippen LogP) is 0.272. The van der Waals surface area contributed by atoms with Crippen LogP contribution in [0.5, 0.6) is 0 Å². The van der Waals surface area contributed by atoms with Crippen LogP contribution in [0.2, 0.25) is 0 Å². The van der Waals surface area contributed by atoms with E-state index in [2.05, 4.69) is 24.1 Å². The van der Waals surface area contributed by atoms with Crippen molar-refractivity contribution in [3.63, 3.8) is 0 Å². The van der Waals surface area contributed by atoms with E-state index in [0.29, 0.717) is 12.1 Å². The number of ether oxygens (including phenoxy) is 1. The molecule has 12 heavy (non-hydrogen) atoms. The zero-order valence-corrected chi connectivity index (χ0v) is 7.92. The predicted molar refractivity (Wildman–Crippen MR) is 47.9 cm³/mol. The normalized spacial score (nSPS) is 44.0. The summed E-state index contributed by atoms with van der Waals surface area (Å²) >= 11 is 0. The molecule has 2 aliphatic rings. The Morgan fingerprint density at radius 2 is 2.17 bits per heavy atom. The molecule has 0 aromatic heterocycles. The number of nitrogens with one attached hydrogen (secondary N) is 1. The van der Waals surface area contributed by atoms with Crippen LogP contribution in [0.25, 0.3) is 0 Å². The largest absolute Gasteiger partial charge is 0.364 e. The van der Waals surface area contributed by atoms with Gasteiger partial charge in [-0.25, -0.2) is 0 Å². The molecule has 0 aromatic carbocycles. The van der Waals surface area contributed by atoms with Gasteiger partial charge in [0.15, 0.2) is 0 Å². The number of hydrogen-bond donors (Lipinski definition) is 1. The second-order valence-electron chi connectivity index (χ2n) is 4.04. The molecule has 3 atom stereocenters. The topological polar surface area (TPSA) is 24.5 Å². The van der Waals surface area contributed by atoms with E-state index in [4.69, 9.17) is 4.74 Å². The van der Waals surface area contributed by atoms with E-state index in [-0.39, 0.29) is 0 Å². The molecular weight excluding hydrogens is 152 g/mol. The summed E-state index contributed by atoms with van der Waals surface area (Å²) in [6, 6.07) is 1.28. The van der Waals surface area contributed by atoms with Crippen molar-refractivity contribution in [2.24, 2.45) is 5.92 Å². The average Bonchev–Trinajstić information content (AvgIpc) is 2.46. The molecule has 2 aliphatic heterocycles. The lowest BCUT2D eigenvalue weighted by Gasteiger charge is -2.28.